The first-order valence-corrected chi connectivity index (χ1v) is 6.62. The summed E-state index contributed by atoms with van der Waals surface area (Å²) in [4.78, 5) is 5.17. The molecule has 3 N–H and O–H groups in total. The molecule has 0 aliphatic carbocycles. The molecule has 0 radical (unpaired) electrons. The third-order valence-corrected chi connectivity index (χ3v) is 3.44. The van der Waals surface area contributed by atoms with Gasteiger partial charge in [-0.15, -0.1) is 11.8 Å². The highest BCUT2D eigenvalue weighted by molar-refractivity contribution is 7.98. The van der Waals surface area contributed by atoms with Crippen LogP contribution in [0.2, 0.25) is 5.02 Å². The number of nitrogens with zero attached hydrogens (tertiary/aromatic N) is 2. The molecular formula is C11H12ClN3O2S. The van der Waals surface area contributed by atoms with Crippen LogP contribution < -0.4 is 5.73 Å². The molecule has 1 aromatic heterocycles. The molecule has 18 heavy (non-hydrogen) atoms. The van der Waals surface area contributed by atoms with Crippen molar-refractivity contribution in [2.45, 2.75) is 16.7 Å². The summed E-state index contributed by atoms with van der Waals surface area (Å²) in [5, 5.41) is 13.4. The number of halogens is 1. The lowest BCUT2D eigenvalue weighted by molar-refractivity contribution is 0.236. The minimum absolute atomic E-state index is 0.216. The molecule has 0 bridgehead atoms. The monoisotopic (exact) mass is 285 g/mol. The lowest BCUT2D eigenvalue weighted by atomic mass is 10.3. The van der Waals surface area contributed by atoms with E-state index in [0.29, 0.717) is 16.6 Å². The first-order valence-electron chi connectivity index (χ1n) is 5.26. The molecular weight excluding hydrogens is 274 g/mol. The maximum atomic E-state index is 8.86. The highest BCUT2D eigenvalue weighted by Crippen LogP contribution is 2.23. The largest absolute Gasteiger partial charge is 0.394 e. The Morgan fingerprint density at radius 1 is 1.39 bits per heavy atom. The van der Waals surface area contributed by atoms with Crippen LogP contribution in [0.15, 0.2) is 33.7 Å². The van der Waals surface area contributed by atoms with Crippen LogP contribution in [0.3, 0.4) is 0 Å². The number of nitrogens with two attached hydrogens (primary N) is 1. The lowest BCUT2D eigenvalue weighted by Gasteiger charge is -1.99. The molecule has 2 rings (SSSR count). The average Bonchev–Trinajstić information content (AvgIpc) is 2.86. The van der Waals surface area contributed by atoms with Gasteiger partial charge in [-0.05, 0) is 24.3 Å². The van der Waals surface area contributed by atoms with Crippen molar-refractivity contribution in [2.75, 3.05) is 6.61 Å². The van der Waals surface area contributed by atoms with Crippen molar-refractivity contribution in [3.8, 4) is 0 Å². The second-order valence-electron chi connectivity index (χ2n) is 3.58. The van der Waals surface area contributed by atoms with Crippen LogP contribution in [0.4, 0.5) is 0 Å². The molecule has 0 spiro atoms. The molecule has 5 nitrogen and oxygen atoms in total. The normalized spacial score (nSPS) is 12.6. The van der Waals surface area contributed by atoms with Gasteiger partial charge in [0.05, 0.1) is 12.4 Å². The summed E-state index contributed by atoms with van der Waals surface area (Å²) in [6.07, 6.45) is 0. The summed E-state index contributed by atoms with van der Waals surface area (Å²) in [5.41, 5.74) is 5.56. The van der Waals surface area contributed by atoms with Crippen LogP contribution in [-0.2, 0) is 5.75 Å². The molecule has 0 aliphatic rings. The van der Waals surface area contributed by atoms with Gasteiger partial charge in [0.25, 0.3) is 0 Å². The fraction of sp³-hybridized carbons (Fsp3) is 0.273. The van der Waals surface area contributed by atoms with E-state index in [2.05, 4.69) is 10.1 Å². The molecule has 0 fully saturated rings. The van der Waals surface area contributed by atoms with Crippen LogP contribution >= 0.6 is 23.4 Å². The summed E-state index contributed by atoms with van der Waals surface area (Å²) >= 11 is 7.36. The molecule has 7 heteroatoms. The van der Waals surface area contributed by atoms with Gasteiger partial charge in [-0.25, -0.2) is 0 Å². The van der Waals surface area contributed by atoms with Crippen molar-refractivity contribution in [3.05, 3.63) is 41.0 Å². The minimum Gasteiger partial charge on any atom is -0.394 e. The van der Waals surface area contributed by atoms with Gasteiger partial charge in [0.1, 0.15) is 6.04 Å². The van der Waals surface area contributed by atoms with Crippen LogP contribution in [0.1, 0.15) is 17.8 Å². The van der Waals surface area contributed by atoms with E-state index in [1.54, 1.807) is 11.8 Å². The molecule has 1 atom stereocenters. The van der Waals surface area contributed by atoms with Crippen molar-refractivity contribution in [1.82, 2.24) is 10.1 Å². The van der Waals surface area contributed by atoms with Crippen molar-refractivity contribution in [1.29, 1.82) is 0 Å². The highest BCUT2D eigenvalue weighted by Gasteiger charge is 2.13. The molecule has 1 heterocycles. The van der Waals surface area contributed by atoms with Crippen molar-refractivity contribution < 1.29 is 9.63 Å². The highest BCUT2D eigenvalue weighted by atomic mass is 35.5. The quantitative estimate of drug-likeness (QED) is 0.818. The van der Waals surface area contributed by atoms with E-state index in [1.165, 1.54) is 0 Å². The number of hydrogen-bond donors (Lipinski definition) is 2. The molecule has 0 saturated carbocycles. The van der Waals surface area contributed by atoms with E-state index in [1.807, 2.05) is 24.3 Å². The minimum atomic E-state index is -0.619. The molecule has 96 valence electrons. The van der Waals surface area contributed by atoms with Gasteiger partial charge in [0.15, 0.2) is 5.82 Å². The maximum Gasteiger partial charge on any atom is 0.245 e. The molecule has 0 amide bonds. The first kappa shape index (κ1) is 13.4. The van der Waals surface area contributed by atoms with E-state index >= 15 is 0 Å². The zero-order valence-electron chi connectivity index (χ0n) is 9.41. The SMILES string of the molecule is N[C@@H](CO)c1nc(CSc2ccc(Cl)cc2)no1. The van der Waals surface area contributed by atoms with Crippen LogP contribution in [-0.4, -0.2) is 21.9 Å². The van der Waals surface area contributed by atoms with E-state index in [9.17, 15) is 0 Å². The summed E-state index contributed by atoms with van der Waals surface area (Å²) in [6.45, 7) is -0.216. The molecule has 0 unspecified atom stereocenters. The smallest absolute Gasteiger partial charge is 0.245 e. The van der Waals surface area contributed by atoms with Crippen molar-refractivity contribution in [3.63, 3.8) is 0 Å². The molecule has 1 aromatic carbocycles. The third-order valence-electron chi connectivity index (χ3n) is 2.18. The number of aromatic nitrogens is 2. The van der Waals surface area contributed by atoms with Gasteiger partial charge in [-0.3, -0.25) is 0 Å². The summed E-state index contributed by atoms with van der Waals surface area (Å²) < 4.78 is 4.94. The van der Waals surface area contributed by atoms with Gasteiger partial charge in [0.2, 0.25) is 5.89 Å². The Bertz CT molecular complexity index is 503. The Balaban J connectivity index is 1.94. The van der Waals surface area contributed by atoms with Crippen LogP contribution in [0.5, 0.6) is 0 Å². The standard InChI is InChI=1S/C11H12ClN3O2S/c12-7-1-3-8(4-2-7)18-6-10-14-11(17-15-10)9(13)5-16/h1-4,9,16H,5-6,13H2/t9-/m0/s1. The Morgan fingerprint density at radius 3 is 2.78 bits per heavy atom. The van der Waals surface area contributed by atoms with Gasteiger partial charge in [-0.1, -0.05) is 16.8 Å². The maximum absolute atomic E-state index is 8.86. The summed E-state index contributed by atoms with van der Waals surface area (Å²) in [5.74, 6) is 1.38. The fourth-order valence-corrected chi connectivity index (χ4v) is 2.10. The van der Waals surface area contributed by atoms with Gasteiger partial charge >= 0.3 is 0 Å². The topological polar surface area (TPSA) is 85.2 Å². The third kappa shape index (κ3) is 3.46. The van der Waals surface area contributed by atoms with Crippen molar-refractivity contribution in [2.24, 2.45) is 5.73 Å². The zero-order valence-corrected chi connectivity index (χ0v) is 11.0. The zero-order chi connectivity index (χ0) is 13.0. The summed E-state index contributed by atoms with van der Waals surface area (Å²) in [6, 6.07) is 6.88. The molecule has 0 saturated heterocycles. The first-order chi connectivity index (χ1) is 8.69. The van der Waals surface area contributed by atoms with Crippen molar-refractivity contribution >= 4 is 23.4 Å². The Hall–Kier alpha value is -1.08. The van der Waals surface area contributed by atoms with Gasteiger partial charge in [-0.2, -0.15) is 4.98 Å². The number of rotatable bonds is 5. The summed E-state index contributed by atoms with van der Waals surface area (Å²) in [7, 11) is 0. The Kier molecular flexibility index (Phi) is 4.60. The van der Waals surface area contributed by atoms with Crippen LogP contribution in [0, 0.1) is 0 Å². The number of aliphatic hydroxyl groups is 1. The molecule has 2 aromatic rings. The predicted octanol–water partition coefficient (Wildman–Crippen LogP) is 2.01. The van der Waals surface area contributed by atoms with E-state index < -0.39 is 6.04 Å². The molecule has 0 aliphatic heterocycles. The number of hydrogen-bond acceptors (Lipinski definition) is 6. The average molecular weight is 286 g/mol. The van der Waals surface area contributed by atoms with E-state index in [0.717, 1.165) is 4.90 Å². The Labute approximate surface area is 113 Å². The lowest BCUT2D eigenvalue weighted by Crippen LogP contribution is -2.14. The van der Waals surface area contributed by atoms with E-state index in [4.69, 9.17) is 27.0 Å². The second-order valence-corrected chi connectivity index (χ2v) is 5.07. The van der Waals surface area contributed by atoms with E-state index in [-0.39, 0.29) is 12.5 Å². The fourth-order valence-electron chi connectivity index (χ4n) is 1.23. The number of thioether (sulfide) groups is 1. The van der Waals surface area contributed by atoms with Crippen LogP contribution in [0.25, 0.3) is 0 Å². The predicted molar refractivity (Wildman–Crippen MR) is 69.3 cm³/mol. The Morgan fingerprint density at radius 2 is 2.11 bits per heavy atom. The second kappa shape index (κ2) is 6.19. The van der Waals surface area contributed by atoms with Gasteiger partial charge in [0, 0.05) is 9.92 Å². The number of benzene rings is 1. The number of aliphatic hydroxyl groups excluding tert-OH is 1. The van der Waals surface area contributed by atoms with Gasteiger partial charge < -0.3 is 15.4 Å².